The van der Waals surface area contributed by atoms with Gasteiger partial charge in [0.2, 0.25) is 0 Å². The van der Waals surface area contributed by atoms with Crippen molar-refractivity contribution in [2.24, 2.45) is 11.8 Å². The molecule has 0 saturated heterocycles. The highest BCUT2D eigenvalue weighted by Gasteiger charge is 2.37. The van der Waals surface area contributed by atoms with Crippen LogP contribution in [0.15, 0.2) is 10.6 Å². The van der Waals surface area contributed by atoms with Gasteiger partial charge in [-0.15, -0.1) is 0 Å². The normalized spacial score (nSPS) is 29.1. The first-order valence-electron chi connectivity index (χ1n) is 9.27. The lowest BCUT2D eigenvalue weighted by atomic mass is 9.68. The highest BCUT2D eigenvalue weighted by molar-refractivity contribution is 6.06. The van der Waals surface area contributed by atoms with Crippen molar-refractivity contribution in [3.05, 3.63) is 23.0 Å². The van der Waals surface area contributed by atoms with Gasteiger partial charge in [-0.05, 0) is 56.9 Å². The molecule has 5 nitrogen and oxygen atoms in total. The maximum Gasteiger partial charge on any atom is 0.259 e. The maximum atomic E-state index is 13.0. The van der Waals surface area contributed by atoms with Crippen LogP contribution in [-0.4, -0.2) is 22.1 Å². The molecular weight excluding hydrogens is 302 g/mol. The second kappa shape index (κ2) is 5.30. The summed E-state index contributed by atoms with van der Waals surface area (Å²) in [5, 5.41) is 8.13. The number of aryl methyl sites for hydroxylation is 1. The molecule has 2 bridgehead atoms. The fraction of sp³-hybridized carbons (Fsp3) is 0.632. The Kier molecular flexibility index (Phi) is 3.19. The van der Waals surface area contributed by atoms with Crippen molar-refractivity contribution >= 4 is 17.0 Å². The van der Waals surface area contributed by atoms with Crippen LogP contribution in [-0.2, 0) is 0 Å². The van der Waals surface area contributed by atoms with Crippen molar-refractivity contribution in [3.63, 3.8) is 0 Å². The highest BCUT2D eigenvalue weighted by Crippen LogP contribution is 2.42. The number of hydrogen-bond acceptors (Lipinski definition) is 4. The first kappa shape index (κ1) is 14.4. The Hall–Kier alpha value is -1.91. The summed E-state index contributed by atoms with van der Waals surface area (Å²) < 4.78 is 5.36. The molecular formula is C19H23N3O2. The number of rotatable bonds is 3. The first-order chi connectivity index (χ1) is 11.7. The second-order valence-corrected chi connectivity index (χ2v) is 7.91. The Morgan fingerprint density at radius 3 is 2.67 bits per heavy atom. The Balaban J connectivity index is 1.48. The summed E-state index contributed by atoms with van der Waals surface area (Å²) in [6.07, 6.45) is 8.66. The zero-order chi connectivity index (χ0) is 16.3. The largest absolute Gasteiger partial charge is 0.349 e. The van der Waals surface area contributed by atoms with Crippen LogP contribution in [0.1, 0.15) is 72.6 Å². The van der Waals surface area contributed by atoms with Gasteiger partial charge in [-0.1, -0.05) is 18.0 Å². The average molecular weight is 325 g/mol. The van der Waals surface area contributed by atoms with Gasteiger partial charge in [0, 0.05) is 17.7 Å². The molecule has 1 N–H and O–H groups in total. The third-order valence-electron chi connectivity index (χ3n) is 6.24. The van der Waals surface area contributed by atoms with Crippen LogP contribution in [0.2, 0.25) is 0 Å². The van der Waals surface area contributed by atoms with E-state index in [-0.39, 0.29) is 5.91 Å². The van der Waals surface area contributed by atoms with E-state index in [4.69, 9.17) is 4.52 Å². The zero-order valence-electron chi connectivity index (χ0n) is 14.0. The van der Waals surface area contributed by atoms with Crippen molar-refractivity contribution in [1.82, 2.24) is 15.5 Å². The van der Waals surface area contributed by atoms with Gasteiger partial charge in [-0.3, -0.25) is 4.79 Å². The lowest BCUT2D eigenvalue weighted by Crippen LogP contribution is -2.47. The van der Waals surface area contributed by atoms with Gasteiger partial charge in [0.25, 0.3) is 11.6 Å². The van der Waals surface area contributed by atoms with E-state index >= 15 is 0 Å². The second-order valence-electron chi connectivity index (χ2n) is 7.91. The fourth-order valence-electron chi connectivity index (χ4n) is 4.68. The van der Waals surface area contributed by atoms with Crippen LogP contribution in [0, 0.1) is 18.8 Å². The highest BCUT2D eigenvalue weighted by atomic mass is 16.5. The molecule has 6 rings (SSSR count). The molecule has 0 spiro atoms. The lowest BCUT2D eigenvalue weighted by Gasteiger charge is -2.42. The monoisotopic (exact) mass is 325 g/mol. The number of carbonyl (C=O) groups is 1. The number of nitrogens with zero attached hydrogens (tertiary/aromatic N) is 2. The molecule has 2 aromatic heterocycles. The quantitative estimate of drug-likeness (QED) is 0.934. The number of aromatic nitrogens is 2. The van der Waals surface area contributed by atoms with Crippen LogP contribution < -0.4 is 5.32 Å². The summed E-state index contributed by atoms with van der Waals surface area (Å²) in [5.41, 5.74) is 2.93. The van der Waals surface area contributed by atoms with Gasteiger partial charge in [-0.25, -0.2) is 4.98 Å². The lowest BCUT2D eigenvalue weighted by molar-refractivity contribution is 0.0812. The summed E-state index contributed by atoms with van der Waals surface area (Å²) >= 11 is 0. The van der Waals surface area contributed by atoms with Crippen molar-refractivity contribution < 1.29 is 9.32 Å². The molecule has 4 aliphatic rings. The Morgan fingerprint density at radius 1 is 1.21 bits per heavy atom. The maximum absolute atomic E-state index is 13.0. The van der Waals surface area contributed by atoms with E-state index in [1.54, 1.807) is 0 Å². The van der Waals surface area contributed by atoms with Gasteiger partial charge in [0.15, 0.2) is 0 Å². The SMILES string of the molecule is Cc1noc2nc(C3CC3)cc(C(=O)NC3CC4CCC3CC4)c12. The number of pyridine rings is 1. The summed E-state index contributed by atoms with van der Waals surface area (Å²) in [6, 6.07) is 2.30. The third-order valence-corrected chi connectivity index (χ3v) is 6.24. The molecule has 4 aliphatic carbocycles. The van der Waals surface area contributed by atoms with Crippen molar-refractivity contribution in [1.29, 1.82) is 0 Å². The van der Waals surface area contributed by atoms with Crippen molar-refractivity contribution in [2.75, 3.05) is 0 Å². The molecule has 1 amide bonds. The molecule has 126 valence electrons. The summed E-state index contributed by atoms with van der Waals surface area (Å²) in [4.78, 5) is 17.6. The Morgan fingerprint density at radius 2 is 2.00 bits per heavy atom. The van der Waals surface area contributed by atoms with Crippen LogP contribution in [0.4, 0.5) is 0 Å². The van der Waals surface area contributed by atoms with E-state index in [2.05, 4.69) is 15.5 Å². The molecule has 4 fully saturated rings. The van der Waals surface area contributed by atoms with E-state index in [9.17, 15) is 4.79 Å². The Bertz CT molecular complexity index is 800. The van der Waals surface area contributed by atoms with Crippen molar-refractivity contribution in [3.8, 4) is 0 Å². The molecule has 1 unspecified atom stereocenters. The molecule has 2 aromatic rings. The molecule has 0 aliphatic heterocycles. The van der Waals surface area contributed by atoms with Gasteiger partial charge < -0.3 is 9.84 Å². The zero-order valence-corrected chi connectivity index (χ0v) is 14.0. The minimum atomic E-state index is 0.0214. The summed E-state index contributed by atoms with van der Waals surface area (Å²) in [7, 11) is 0. The van der Waals surface area contributed by atoms with Gasteiger partial charge in [0.1, 0.15) is 0 Å². The van der Waals surface area contributed by atoms with Crippen molar-refractivity contribution in [2.45, 2.75) is 63.8 Å². The van der Waals surface area contributed by atoms with Gasteiger partial charge in [0.05, 0.1) is 16.6 Å². The molecule has 1 atom stereocenters. The summed E-state index contributed by atoms with van der Waals surface area (Å²) in [5.74, 6) is 1.96. The molecule has 24 heavy (non-hydrogen) atoms. The van der Waals surface area contributed by atoms with E-state index in [0.717, 1.165) is 42.0 Å². The average Bonchev–Trinajstić information content (AvgIpc) is 3.39. The smallest absolute Gasteiger partial charge is 0.259 e. The van der Waals surface area contributed by atoms with E-state index in [0.29, 0.717) is 29.2 Å². The Labute approximate surface area is 141 Å². The van der Waals surface area contributed by atoms with E-state index < -0.39 is 0 Å². The predicted molar refractivity (Wildman–Crippen MR) is 89.8 cm³/mol. The fourth-order valence-corrected chi connectivity index (χ4v) is 4.68. The minimum absolute atomic E-state index is 0.0214. The minimum Gasteiger partial charge on any atom is -0.349 e. The van der Waals surface area contributed by atoms with Crippen LogP contribution in [0.3, 0.4) is 0 Å². The molecule has 0 aromatic carbocycles. The number of hydrogen-bond donors (Lipinski definition) is 1. The molecule has 4 saturated carbocycles. The number of nitrogens with one attached hydrogen (secondary N) is 1. The van der Waals surface area contributed by atoms with Gasteiger partial charge in [-0.2, -0.15) is 0 Å². The number of fused-ring (bicyclic) bond motifs is 4. The number of amides is 1. The molecule has 0 radical (unpaired) electrons. The van der Waals surface area contributed by atoms with E-state index in [1.807, 2.05) is 13.0 Å². The van der Waals surface area contributed by atoms with Crippen LogP contribution >= 0.6 is 0 Å². The summed E-state index contributed by atoms with van der Waals surface area (Å²) in [6.45, 7) is 1.88. The van der Waals surface area contributed by atoms with E-state index in [1.165, 1.54) is 25.7 Å². The van der Waals surface area contributed by atoms with Crippen LogP contribution in [0.25, 0.3) is 11.1 Å². The topological polar surface area (TPSA) is 68.0 Å². The first-order valence-corrected chi connectivity index (χ1v) is 9.27. The molecule has 2 heterocycles. The molecule has 5 heteroatoms. The van der Waals surface area contributed by atoms with Crippen LogP contribution in [0.5, 0.6) is 0 Å². The standard InChI is InChI=1S/C19H23N3O2/c1-10-17-14(9-16(13-6-7-13)21-19(17)24-22-10)18(23)20-15-8-11-2-4-12(15)5-3-11/h9,11-13,15H,2-8H2,1H3,(H,20,23). The number of carbonyl (C=O) groups excluding carboxylic acids is 1. The predicted octanol–water partition coefficient (Wildman–Crippen LogP) is 3.72. The van der Waals surface area contributed by atoms with Gasteiger partial charge >= 0.3 is 0 Å². The third kappa shape index (κ3) is 2.33.